The first-order valence-corrected chi connectivity index (χ1v) is 5.78. The number of halogens is 1. The van der Waals surface area contributed by atoms with Gasteiger partial charge in [0.25, 0.3) is 0 Å². The number of thiophene rings is 1. The maximum atomic E-state index is 6.14. The highest BCUT2D eigenvalue weighted by atomic mass is 35.5. The molecule has 0 aliphatic heterocycles. The summed E-state index contributed by atoms with van der Waals surface area (Å²) in [6.45, 7) is 1.96. The highest BCUT2D eigenvalue weighted by Crippen LogP contribution is 2.30. The summed E-state index contributed by atoms with van der Waals surface area (Å²) in [7, 11) is 1.89. The number of nitrogens with two attached hydrogens (primary N) is 1. The highest BCUT2D eigenvalue weighted by Gasteiger charge is 2.15. The van der Waals surface area contributed by atoms with Gasteiger partial charge in [0.05, 0.1) is 16.1 Å². The zero-order valence-electron chi connectivity index (χ0n) is 8.57. The van der Waals surface area contributed by atoms with E-state index in [-0.39, 0.29) is 6.04 Å². The van der Waals surface area contributed by atoms with Crippen molar-refractivity contribution in [2.45, 2.75) is 13.0 Å². The van der Waals surface area contributed by atoms with Crippen molar-refractivity contribution in [1.29, 1.82) is 0 Å². The van der Waals surface area contributed by atoms with Gasteiger partial charge in [-0.05, 0) is 19.1 Å². The van der Waals surface area contributed by atoms with Crippen LogP contribution in [0.1, 0.15) is 22.2 Å². The normalized spacial score (nSPS) is 13.1. The zero-order valence-corrected chi connectivity index (χ0v) is 10.1. The molecular weight excluding hydrogens is 230 g/mol. The molecular formula is C10H12ClN3S. The van der Waals surface area contributed by atoms with Crippen molar-refractivity contribution in [2.24, 2.45) is 12.8 Å². The molecule has 0 aromatic carbocycles. The lowest BCUT2D eigenvalue weighted by atomic mass is 10.1. The second kappa shape index (κ2) is 3.96. The molecule has 1 unspecified atom stereocenters. The van der Waals surface area contributed by atoms with Crippen molar-refractivity contribution in [3.05, 3.63) is 38.8 Å². The SMILES string of the molecule is Cc1nn(C)cc1C(N)c1ccc(Cl)s1. The minimum atomic E-state index is -0.129. The number of nitrogens with zero attached hydrogens (tertiary/aromatic N) is 2. The molecule has 2 N–H and O–H groups in total. The number of rotatable bonds is 2. The minimum Gasteiger partial charge on any atom is -0.320 e. The molecule has 1 atom stereocenters. The van der Waals surface area contributed by atoms with Crippen molar-refractivity contribution in [3.63, 3.8) is 0 Å². The average molecular weight is 242 g/mol. The third-order valence-corrected chi connectivity index (χ3v) is 3.60. The Morgan fingerprint density at radius 2 is 2.27 bits per heavy atom. The molecule has 2 heterocycles. The Labute approximate surface area is 97.5 Å². The Balaban J connectivity index is 2.35. The summed E-state index contributed by atoms with van der Waals surface area (Å²) in [5.41, 5.74) is 8.16. The predicted molar refractivity (Wildman–Crippen MR) is 63.3 cm³/mol. The van der Waals surface area contributed by atoms with Gasteiger partial charge in [-0.3, -0.25) is 4.68 Å². The summed E-state index contributed by atoms with van der Waals surface area (Å²) in [6.07, 6.45) is 1.95. The Kier molecular flexibility index (Phi) is 2.82. The molecule has 0 bridgehead atoms. The van der Waals surface area contributed by atoms with E-state index in [1.54, 1.807) is 4.68 Å². The van der Waals surface area contributed by atoms with Crippen molar-refractivity contribution in [1.82, 2.24) is 9.78 Å². The van der Waals surface area contributed by atoms with Crippen LogP contribution in [-0.2, 0) is 7.05 Å². The molecule has 80 valence electrons. The zero-order chi connectivity index (χ0) is 11.0. The topological polar surface area (TPSA) is 43.8 Å². The van der Waals surface area contributed by atoms with Gasteiger partial charge in [-0.2, -0.15) is 5.10 Å². The summed E-state index contributed by atoms with van der Waals surface area (Å²) >= 11 is 7.39. The maximum absolute atomic E-state index is 6.14. The Bertz CT molecular complexity index is 475. The number of hydrogen-bond acceptors (Lipinski definition) is 3. The molecule has 2 aromatic rings. The number of aromatic nitrogens is 2. The van der Waals surface area contributed by atoms with E-state index in [1.165, 1.54) is 11.3 Å². The molecule has 2 aromatic heterocycles. The Morgan fingerprint density at radius 3 is 2.73 bits per heavy atom. The van der Waals surface area contributed by atoms with Crippen molar-refractivity contribution in [3.8, 4) is 0 Å². The first-order valence-electron chi connectivity index (χ1n) is 4.59. The summed E-state index contributed by atoms with van der Waals surface area (Å²) in [4.78, 5) is 1.07. The second-order valence-corrected chi connectivity index (χ2v) is 5.21. The van der Waals surface area contributed by atoms with Gasteiger partial charge in [0.2, 0.25) is 0 Å². The van der Waals surface area contributed by atoms with Gasteiger partial charge in [-0.1, -0.05) is 11.6 Å². The van der Waals surface area contributed by atoms with E-state index >= 15 is 0 Å². The van der Waals surface area contributed by atoms with Crippen LogP contribution in [0.2, 0.25) is 4.34 Å². The van der Waals surface area contributed by atoms with E-state index < -0.39 is 0 Å². The van der Waals surface area contributed by atoms with Crippen LogP contribution in [-0.4, -0.2) is 9.78 Å². The minimum absolute atomic E-state index is 0.129. The standard InChI is InChI=1S/C10H12ClN3S/c1-6-7(5-14(2)13-6)10(12)8-3-4-9(11)15-8/h3-5,10H,12H2,1-2H3. The fraction of sp³-hybridized carbons (Fsp3) is 0.300. The molecule has 2 rings (SSSR count). The largest absolute Gasteiger partial charge is 0.320 e. The quantitative estimate of drug-likeness (QED) is 0.878. The van der Waals surface area contributed by atoms with E-state index in [2.05, 4.69) is 5.10 Å². The average Bonchev–Trinajstić information content (AvgIpc) is 2.71. The van der Waals surface area contributed by atoms with Gasteiger partial charge in [0.15, 0.2) is 0 Å². The predicted octanol–water partition coefficient (Wildman–Crippen LogP) is 2.49. The van der Waals surface area contributed by atoms with Gasteiger partial charge in [-0.15, -0.1) is 11.3 Å². The fourth-order valence-electron chi connectivity index (χ4n) is 1.57. The maximum Gasteiger partial charge on any atom is 0.0931 e. The molecule has 0 aliphatic carbocycles. The molecule has 15 heavy (non-hydrogen) atoms. The van der Waals surface area contributed by atoms with E-state index in [0.29, 0.717) is 0 Å². The molecule has 0 saturated heterocycles. The molecule has 0 fully saturated rings. The second-order valence-electron chi connectivity index (χ2n) is 3.46. The van der Waals surface area contributed by atoms with Crippen molar-refractivity contribution < 1.29 is 0 Å². The Hall–Kier alpha value is -0.840. The summed E-state index contributed by atoms with van der Waals surface area (Å²) in [5, 5.41) is 4.27. The van der Waals surface area contributed by atoms with E-state index in [0.717, 1.165) is 20.5 Å². The first-order chi connectivity index (χ1) is 7.08. The summed E-state index contributed by atoms with van der Waals surface area (Å²) in [6, 6.07) is 3.70. The van der Waals surface area contributed by atoms with E-state index in [4.69, 9.17) is 17.3 Å². The van der Waals surface area contributed by atoms with E-state index in [9.17, 15) is 0 Å². The number of aryl methyl sites for hydroxylation is 2. The van der Waals surface area contributed by atoms with Gasteiger partial charge in [0, 0.05) is 23.7 Å². The summed E-state index contributed by atoms with van der Waals surface area (Å²) in [5.74, 6) is 0. The molecule has 0 radical (unpaired) electrons. The molecule has 0 amide bonds. The van der Waals surface area contributed by atoms with Crippen LogP contribution in [0, 0.1) is 6.92 Å². The lowest BCUT2D eigenvalue weighted by Gasteiger charge is -2.07. The smallest absolute Gasteiger partial charge is 0.0931 e. The molecule has 0 saturated carbocycles. The molecule has 3 nitrogen and oxygen atoms in total. The molecule has 0 aliphatic rings. The van der Waals surface area contributed by atoms with Crippen LogP contribution < -0.4 is 5.73 Å². The van der Waals surface area contributed by atoms with Gasteiger partial charge >= 0.3 is 0 Å². The van der Waals surface area contributed by atoms with Gasteiger partial charge < -0.3 is 5.73 Å². The lowest BCUT2D eigenvalue weighted by molar-refractivity contribution is 0.756. The van der Waals surface area contributed by atoms with Crippen molar-refractivity contribution in [2.75, 3.05) is 0 Å². The fourth-order valence-corrected chi connectivity index (χ4v) is 2.65. The Morgan fingerprint density at radius 1 is 1.53 bits per heavy atom. The highest BCUT2D eigenvalue weighted by molar-refractivity contribution is 7.16. The third kappa shape index (κ3) is 2.07. The molecule has 0 spiro atoms. The van der Waals surface area contributed by atoms with Crippen molar-refractivity contribution >= 4 is 22.9 Å². The van der Waals surface area contributed by atoms with Crippen LogP contribution in [0.4, 0.5) is 0 Å². The molecule has 5 heteroatoms. The lowest BCUT2D eigenvalue weighted by Crippen LogP contribution is -2.10. The summed E-state index contributed by atoms with van der Waals surface area (Å²) < 4.78 is 2.54. The van der Waals surface area contributed by atoms with Crippen LogP contribution in [0.3, 0.4) is 0 Å². The monoisotopic (exact) mass is 241 g/mol. The van der Waals surface area contributed by atoms with Crippen LogP contribution in [0.25, 0.3) is 0 Å². The van der Waals surface area contributed by atoms with Crippen LogP contribution in [0.5, 0.6) is 0 Å². The van der Waals surface area contributed by atoms with Gasteiger partial charge in [-0.25, -0.2) is 0 Å². The van der Waals surface area contributed by atoms with Gasteiger partial charge in [0.1, 0.15) is 0 Å². The third-order valence-electron chi connectivity index (χ3n) is 2.29. The van der Waals surface area contributed by atoms with Crippen LogP contribution in [0.15, 0.2) is 18.3 Å². The first kappa shape index (κ1) is 10.7. The van der Waals surface area contributed by atoms with E-state index in [1.807, 2.05) is 32.3 Å². The van der Waals surface area contributed by atoms with Crippen LogP contribution >= 0.6 is 22.9 Å². The number of hydrogen-bond donors (Lipinski definition) is 1.